The zero-order chi connectivity index (χ0) is 15.6. The first kappa shape index (κ1) is 15.5. The number of hydrogen-bond acceptors (Lipinski definition) is 4. The third kappa shape index (κ3) is 3.40. The molecule has 110 valence electrons. The molecule has 2 aromatic rings. The lowest BCUT2D eigenvalue weighted by Gasteiger charge is -2.09. The fraction of sp³-hybridized carbons (Fsp3) is 0.0769. The zero-order valence-corrected chi connectivity index (χ0v) is 13.3. The Labute approximate surface area is 130 Å². The molecule has 0 aliphatic rings. The van der Waals surface area contributed by atoms with Gasteiger partial charge in [-0.15, -0.1) is 0 Å². The van der Waals surface area contributed by atoms with Crippen LogP contribution in [0.15, 0.2) is 51.8 Å². The van der Waals surface area contributed by atoms with Crippen molar-refractivity contribution in [1.82, 2.24) is 0 Å². The Morgan fingerprint density at radius 2 is 1.86 bits per heavy atom. The summed E-state index contributed by atoms with van der Waals surface area (Å²) < 4.78 is 27.6. The molecule has 0 radical (unpaired) electrons. The summed E-state index contributed by atoms with van der Waals surface area (Å²) in [5, 5.41) is 10.9. The van der Waals surface area contributed by atoms with E-state index in [1.54, 1.807) is 13.0 Å². The fourth-order valence-electron chi connectivity index (χ4n) is 1.71. The standard InChI is InChI=1S/C13H11BrN2O4S/c1-9-8-10(6-7-11(9)14)21(19,20)15-12-4-2-3-5-13(12)16(17)18/h2-8,15H,1H3. The highest BCUT2D eigenvalue weighted by Gasteiger charge is 2.20. The molecular weight excluding hydrogens is 360 g/mol. The van der Waals surface area contributed by atoms with Crippen molar-refractivity contribution in [3.05, 3.63) is 62.6 Å². The van der Waals surface area contributed by atoms with Crippen LogP contribution in [0.5, 0.6) is 0 Å². The van der Waals surface area contributed by atoms with Gasteiger partial charge in [0.15, 0.2) is 0 Å². The van der Waals surface area contributed by atoms with Crippen molar-refractivity contribution in [2.75, 3.05) is 4.72 Å². The molecule has 0 spiro atoms. The Balaban J connectivity index is 2.42. The normalized spacial score (nSPS) is 11.1. The quantitative estimate of drug-likeness (QED) is 0.658. The van der Waals surface area contributed by atoms with Gasteiger partial charge in [-0.25, -0.2) is 8.42 Å². The summed E-state index contributed by atoms with van der Waals surface area (Å²) in [6, 6.07) is 10.1. The highest BCUT2D eigenvalue weighted by Crippen LogP contribution is 2.27. The number of benzene rings is 2. The number of rotatable bonds is 4. The second kappa shape index (κ2) is 5.82. The number of nitro benzene ring substituents is 1. The van der Waals surface area contributed by atoms with Crippen LogP contribution < -0.4 is 4.72 Å². The van der Waals surface area contributed by atoms with Gasteiger partial charge < -0.3 is 0 Å². The van der Waals surface area contributed by atoms with Crippen molar-refractivity contribution >= 4 is 37.3 Å². The zero-order valence-electron chi connectivity index (χ0n) is 10.9. The number of nitrogens with zero attached hydrogens (tertiary/aromatic N) is 1. The monoisotopic (exact) mass is 370 g/mol. The molecule has 0 aliphatic heterocycles. The summed E-state index contributed by atoms with van der Waals surface area (Å²) in [7, 11) is -3.88. The van der Waals surface area contributed by atoms with Crippen LogP contribution >= 0.6 is 15.9 Å². The Bertz CT molecular complexity index is 806. The smallest absolute Gasteiger partial charge is 0.273 e. The molecule has 8 heteroatoms. The average Bonchev–Trinajstić information content (AvgIpc) is 2.41. The molecule has 0 unspecified atom stereocenters. The predicted octanol–water partition coefficient (Wildman–Crippen LogP) is 3.47. The van der Waals surface area contributed by atoms with E-state index in [-0.39, 0.29) is 16.3 Å². The lowest BCUT2D eigenvalue weighted by molar-refractivity contribution is -0.383. The molecule has 0 aliphatic carbocycles. The van der Waals surface area contributed by atoms with Crippen molar-refractivity contribution in [2.24, 2.45) is 0 Å². The SMILES string of the molecule is Cc1cc(S(=O)(=O)Nc2ccccc2[N+](=O)[O-])ccc1Br. The van der Waals surface area contributed by atoms with Gasteiger partial charge in [0.2, 0.25) is 0 Å². The van der Waals surface area contributed by atoms with Gasteiger partial charge in [0.25, 0.3) is 15.7 Å². The average molecular weight is 371 g/mol. The molecule has 0 atom stereocenters. The highest BCUT2D eigenvalue weighted by atomic mass is 79.9. The lowest BCUT2D eigenvalue weighted by atomic mass is 10.2. The number of hydrogen-bond donors (Lipinski definition) is 1. The number of nitro groups is 1. The maximum atomic E-state index is 12.3. The van der Waals surface area contributed by atoms with Crippen LogP contribution in [0.2, 0.25) is 0 Å². The van der Waals surface area contributed by atoms with Crippen LogP contribution in [-0.4, -0.2) is 13.3 Å². The first-order valence-corrected chi connectivity index (χ1v) is 8.11. The van der Waals surface area contributed by atoms with Crippen LogP contribution in [0.1, 0.15) is 5.56 Å². The molecule has 0 aromatic heterocycles. The summed E-state index contributed by atoms with van der Waals surface area (Å²) in [4.78, 5) is 10.3. The van der Waals surface area contributed by atoms with Crippen molar-refractivity contribution in [1.29, 1.82) is 0 Å². The van der Waals surface area contributed by atoms with Gasteiger partial charge in [-0.05, 0) is 36.8 Å². The molecule has 6 nitrogen and oxygen atoms in total. The van der Waals surface area contributed by atoms with Crippen LogP contribution in [0.3, 0.4) is 0 Å². The van der Waals surface area contributed by atoms with Gasteiger partial charge >= 0.3 is 0 Å². The van der Waals surface area contributed by atoms with E-state index >= 15 is 0 Å². The first-order chi connectivity index (χ1) is 9.81. The van der Waals surface area contributed by atoms with E-state index in [9.17, 15) is 18.5 Å². The Morgan fingerprint density at radius 1 is 1.19 bits per heavy atom. The highest BCUT2D eigenvalue weighted by molar-refractivity contribution is 9.10. The molecule has 2 aromatic carbocycles. The molecule has 0 fully saturated rings. The first-order valence-electron chi connectivity index (χ1n) is 5.83. The minimum Gasteiger partial charge on any atom is -0.273 e. The van der Waals surface area contributed by atoms with E-state index in [0.29, 0.717) is 0 Å². The topological polar surface area (TPSA) is 89.3 Å². The van der Waals surface area contributed by atoms with Gasteiger partial charge in [-0.3, -0.25) is 14.8 Å². The molecule has 0 saturated heterocycles. The van der Waals surface area contributed by atoms with E-state index in [4.69, 9.17) is 0 Å². The van der Waals surface area contributed by atoms with Crippen molar-refractivity contribution < 1.29 is 13.3 Å². The second-order valence-electron chi connectivity index (χ2n) is 4.29. The van der Waals surface area contributed by atoms with E-state index < -0.39 is 14.9 Å². The minimum absolute atomic E-state index is 0.0429. The Kier molecular flexibility index (Phi) is 4.29. The molecule has 0 amide bonds. The third-order valence-electron chi connectivity index (χ3n) is 2.78. The van der Waals surface area contributed by atoms with Crippen LogP contribution in [0, 0.1) is 17.0 Å². The third-order valence-corrected chi connectivity index (χ3v) is 5.04. The van der Waals surface area contributed by atoms with E-state index in [2.05, 4.69) is 20.7 Å². The summed E-state index contributed by atoms with van der Waals surface area (Å²) >= 11 is 3.29. The molecule has 21 heavy (non-hydrogen) atoms. The maximum Gasteiger partial charge on any atom is 0.293 e. The van der Waals surface area contributed by atoms with E-state index in [1.807, 2.05) is 0 Å². The van der Waals surface area contributed by atoms with Gasteiger partial charge in [0, 0.05) is 10.5 Å². The van der Waals surface area contributed by atoms with Crippen LogP contribution in [0.25, 0.3) is 0 Å². The number of anilines is 1. The number of nitrogens with one attached hydrogen (secondary N) is 1. The fourth-order valence-corrected chi connectivity index (χ4v) is 3.11. The van der Waals surface area contributed by atoms with Gasteiger partial charge in [-0.1, -0.05) is 28.1 Å². The van der Waals surface area contributed by atoms with Crippen molar-refractivity contribution in [2.45, 2.75) is 11.8 Å². The van der Waals surface area contributed by atoms with E-state index in [1.165, 1.54) is 36.4 Å². The van der Waals surface area contributed by atoms with Gasteiger partial charge in [0.05, 0.1) is 9.82 Å². The van der Waals surface area contributed by atoms with Crippen molar-refractivity contribution in [3.8, 4) is 0 Å². The minimum atomic E-state index is -3.88. The van der Waals surface area contributed by atoms with E-state index in [0.717, 1.165) is 10.0 Å². The van der Waals surface area contributed by atoms with Crippen LogP contribution in [-0.2, 0) is 10.0 Å². The Hall–Kier alpha value is -1.93. The number of aryl methyl sites for hydroxylation is 1. The molecule has 0 saturated carbocycles. The van der Waals surface area contributed by atoms with Gasteiger partial charge in [-0.2, -0.15) is 0 Å². The summed E-state index contributed by atoms with van der Waals surface area (Å²) in [6.07, 6.45) is 0. The maximum absolute atomic E-state index is 12.3. The molecular formula is C13H11BrN2O4S. The molecule has 0 heterocycles. The number of sulfonamides is 1. The summed E-state index contributed by atoms with van der Waals surface area (Å²) in [5.74, 6) is 0. The molecule has 1 N–H and O–H groups in total. The largest absolute Gasteiger partial charge is 0.293 e. The Morgan fingerprint density at radius 3 is 2.48 bits per heavy atom. The molecule has 2 rings (SSSR count). The summed E-state index contributed by atoms with van der Waals surface area (Å²) in [6.45, 7) is 1.76. The number of halogens is 1. The van der Waals surface area contributed by atoms with Gasteiger partial charge in [0.1, 0.15) is 5.69 Å². The molecule has 0 bridgehead atoms. The number of para-hydroxylation sites is 2. The lowest BCUT2D eigenvalue weighted by Crippen LogP contribution is -2.14. The van der Waals surface area contributed by atoms with Crippen LogP contribution in [0.4, 0.5) is 11.4 Å². The van der Waals surface area contributed by atoms with Crippen molar-refractivity contribution in [3.63, 3.8) is 0 Å². The predicted molar refractivity (Wildman–Crippen MR) is 82.8 cm³/mol. The second-order valence-corrected chi connectivity index (χ2v) is 6.83. The summed E-state index contributed by atoms with van der Waals surface area (Å²) in [5.41, 5.74) is 0.387.